The number of piperazine rings is 1. The summed E-state index contributed by atoms with van der Waals surface area (Å²) in [6.07, 6.45) is 3.49. The first kappa shape index (κ1) is 21.6. The first-order valence-electron chi connectivity index (χ1n) is 8.16. The van der Waals surface area contributed by atoms with Crippen molar-refractivity contribution in [3.8, 4) is 0 Å². The third-order valence-electron chi connectivity index (χ3n) is 4.19. The molecule has 0 radical (unpaired) electrons. The van der Waals surface area contributed by atoms with Gasteiger partial charge in [0.1, 0.15) is 12.4 Å². The second kappa shape index (κ2) is 9.49. The maximum absolute atomic E-state index is 14.0. The predicted octanol–water partition coefficient (Wildman–Crippen LogP) is 2.36. The molecule has 0 aliphatic carbocycles. The van der Waals surface area contributed by atoms with E-state index in [1.165, 1.54) is 6.07 Å². The molecular weight excluding hydrogens is 530 g/mol. The number of halogens is 3. The quantitative estimate of drug-likeness (QED) is 0.362. The van der Waals surface area contributed by atoms with Gasteiger partial charge in [-0.05, 0) is 12.1 Å². The summed E-state index contributed by atoms with van der Waals surface area (Å²) in [5.41, 5.74) is 1.33. The number of carbonyl (C=O) groups excluding carboxylic acids is 1. The van der Waals surface area contributed by atoms with Crippen LogP contribution in [0.25, 0.3) is 0 Å². The Kier molecular flexibility index (Phi) is 7.59. The molecule has 1 aliphatic heterocycles. The zero-order valence-electron chi connectivity index (χ0n) is 15.0. The predicted molar refractivity (Wildman–Crippen MR) is 117 cm³/mol. The van der Waals surface area contributed by atoms with E-state index in [1.807, 2.05) is 18.1 Å². The van der Waals surface area contributed by atoms with E-state index in [-0.39, 0.29) is 42.2 Å². The fourth-order valence-corrected chi connectivity index (χ4v) is 3.18. The molecule has 1 amide bonds. The fourth-order valence-electron chi connectivity index (χ4n) is 2.85. The number of hydrogen-bond acceptors (Lipinski definition) is 3. The van der Waals surface area contributed by atoms with E-state index >= 15 is 0 Å². The number of aliphatic imine (C=N–C) groups is 1. The summed E-state index contributed by atoms with van der Waals surface area (Å²) < 4.78 is 16.3. The van der Waals surface area contributed by atoms with Crippen molar-refractivity contribution in [1.82, 2.24) is 20.0 Å². The Balaban J connectivity index is 0.00000261. The third-order valence-corrected chi connectivity index (χ3v) is 4.68. The number of amides is 1. The largest absolute Gasteiger partial charge is 0.352 e. The Morgan fingerprint density at radius 2 is 2.19 bits per heavy atom. The highest BCUT2D eigenvalue weighted by molar-refractivity contribution is 14.0. The first-order valence-corrected chi connectivity index (χ1v) is 8.96. The second-order valence-electron chi connectivity index (χ2n) is 5.98. The smallest absolute Gasteiger partial charge is 0.246 e. The summed E-state index contributed by atoms with van der Waals surface area (Å²) in [6, 6.07) is 4.93. The first-order chi connectivity index (χ1) is 12.5. The maximum Gasteiger partial charge on any atom is 0.246 e. The molecule has 0 bridgehead atoms. The van der Waals surface area contributed by atoms with Crippen LogP contribution in [0.5, 0.6) is 0 Å². The minimum atomic E-state index is -0.292. The van der Waals surface area contributed by atoms with Crippen molar-refractivity contribution in [3.63, 3.8) is 0 Å². The van der Waals surface area contributed by atoms with Gasteiger partial charge in [-0.25, -0.2) is 4.39 Å². The van der Waals surface area contributed by atoms with Gasteiger partial charge in [0.05, 0.1) is 11.9 Å². The number of hydrogen-bond donors (Lipinski definition) is 1. The summed E-state index contributed by atoms with van der Waals surface area (Å²) in [4.78, 5) is 20.3. The number of guanidine groups is 1. The Labute approximate surface area is 182 Å². The number of nitrogens with one attached hydrogen (secondary N) is 1. The van der Waals surface area contributed by atoms with Gasteiger partial charge in [-0.15, -0.1) is 24.0 Å². The molecule has 1 aliphatic rings. The molecule has 2 heterocycles. The van der Waals surface area contributed by atoms with Crippen LogP contribution in [0.2, 0.25) is 0 Å². The van der Waals surface area contributed by atoms with E-state index in [9.17, 15) is 9.18 Å². The molecule has 1 aromatic heterocycles. The number of benzene rings is 1. The van der Waals surface area contributed by atoms with E-state index in [4.69, 9.17) is 0 Å². The maximum atomic E-state index is 14.0. The lowest BCUT2D eigenvalue weighted by Gasteiger charge is -2.35. The van der Waals surface area contributed by atoms with Crippen molar-refractivity contribution in [3.05, 3.63) is 46.4 Å². The van der Waals surface area contributed by atoms with Gasteiger partial charge in [0.25, 0.3) is 0 Å². The van der Waals surface area contributed by atoms with Gasteiger partial charge in [-0.1, -0.05) is 22.0 Å². The number of carbonyl (C=O) groups is 1. The highest BCUT2D eigenvalue weighted by Gasteiger charge is 2.27. The van der Waals surface area contributed by atoms with E-state index in [2.05, 4.69) is 31.3 Å². The lowest BCUT2D eigenvalue weighted by Crippen LogP contribution is -2.55. The molecule has 1 aromatic carbocycles. The van der Waals surface area contributed by atoms with Crippen LogP contribution in [0.15, 0.2) is 40.1 Å². The van der Waals surface area contributed by atoms with Crippen LogP contribution in [0.3, 0.4) is 0 Å². The van der Waals surface area contributed by atoms with Gasteiger partial charge in [-0.3, -0.25) is 14.5 Å². The summed E-state index contributed by atoms with van der Waals surface area (Å²) in [7, 11) is 3.47. The molecule has 2 aromatic rings. The highest BCUT2D eigenvalue weighted by atomic mass is 127. The molecular formula is C17H21BrFIN6O. The van der Waals surface area contributed by atoms with E-state index in [1.54, 1.807) is 35.0 Å². The SMILES string of the molecule is CN=C(NCc1ccc(Br)cc1F)N1CCN(c2cnn(C)c2)C(=O)C1.I. The van der Waals surface area contributed by atoms with Gasteiger partial charge in [0.15, 0.2) is 5.96 Å². The van der Waals surface area contributed by atoms with Crippen molar-refractivity contribution in [2.24, 2.45) is 12.0 Å². The highest BCUT2D eigenvalue weighted by Crippen LogP contribution is 2.17. The summed E-state index contributed by atoms with van der Waals surface area (Å²) in [5.74, 6) is 0.258. The molecule has 1 fully saturated rings. The van der Waals surface area contributed by atoms with Crippen LogP contribution >= 0.6 is 39.9 Å². The van der Waals surface area contributed by atoms with Crippen molar-refractivity contribution >= 4 is 57.5 Å². The number of anilines is 1. The van der Waals surface area contributed by atoms with Crippen molar-refractivity contribution in [1.29, 1.82) is 0 Å². The monoisotopic (exact) mass is 550 g/mol. The molecule has 27 heavy (non-hydrogen) atoms. The number of nitrogens with zero attached hydrogens (tertiary/aromatic N) is 5. The molecule has 7 nitrogen and oxygen atoms in total. The van der Waals surface area contributed by atoms with Crippen molar-refractivity contribution in [2.75, 3.05) is 31.6 Å². The number of aryl methyl sites for hydroxylation is 1. The average Bonchev–Trinajstić information content (AvgIpc) is 3.03. The van der Waals surface area contributed by atoms with E-state index in [0.717, 1.165) is 5.69 Å². The van der Waals surface area contributed by atoms with E-state index in [0.29, 0.717) is 35.6 Å². The standard InChI is InChI=1S/C17H20BrFN6O.HI/c1-20-17(21-8-12-3-4-13(18)7-15(12)19)24-5-6-25(16(26)11-24)14-9-22-23(2)10-14;/h3-4,7,9-10H,5-6,8,11H2,1-2H3,(H,20,21);1H. The zero-order valence-corrected chi connectivity index (χ0v) is 18.9. The van der Waals surface area contributed by atoms with Crippen LogP contribution in [0.4, 0.5) is 10.1 Å². The summed E-state index contributed by atoms with van der Waals surface area (Å²) >= 11 is 3.25. The summed E-state index contributed by atoms with van der Waals surface area (Å²) in [6.45, 7) is 1.67. The van der Waals surface area contributed by atoms with Gasteiger partial charge in [0.2, 0.25) is 5.91 Å². The summed E-state index contributed by atoms with van der Waals surface area (Å²) in [5, 5.41) is 7.24. The Morgan fingerprint density at radius 3 is 2.78 bits per heavy atom. The Hall–Kier alpha value is -1.69. The van der Waals surface area contributed by atoms with Crippen molar-refractivity contribution < 1.29 is 9.18 Å². The second-order valence-corrected chi connectivity index (χ2v) is 6.89. The average molecular weight is 551 g/mol. The number of aromatic nitrogens is 2. The lowest BCUT2D eigenvalue weighted by atomic mass is 10.2. The normalized spacial score (nSPS) is 15.0. The van der Waals surface area contributed by atoms with Crippen molar-refractivity contribution in [2.45, 2.75) is 6.54 Å². The number of rotatable bonds is 3. The lowest BCUT2D eigenvalue weighted by molar-refractivity contribution is -0.120. The molecule has 0 spiro atoms. The van der Waals surface area contributed by atoms with Gasteiger partial charge >= 0.3 is 0 Å². The minimum absolute atomic E-state index is 0. The van der Waals surface area contributed by atoms with Gasteiger partial charge in [-0.2, -0.15) is 5.10 Å². The molecule has 1 N–H and O–H groups in total. The molecule has 3 rings (SSSR count). The van der Waals surface area contributed by atoms with Gasteiger partial charge in [0, 0.05) is 50.0 Å². The topological polar surface area (TPSA) is 65.8 Å². The van der Waals surface area contributed by atoms with Crippen LogP contribution in [-0.2, 0) is 18.4 Å². The third kappa shape index (κ3) is 5.18. The molecule has 0 atom stereocenters. The minimum Gasteiger partial charge on any atom is -0.352 e. The van der Waals surface area contributed by atoms with Crippen LogP contribution < -0.4 is 10.2 Å². The van der Waals surface area contributed by atoms with Gasteiger partial charge < -0.3 is 15.1 Å². The molecule has 146 valence electrons. The molecule has 0 saturated carbocycles. The Morgan fingerprint density at radius 1 is 1.41 bits per heavy atom. The van der Waals surface area contributed by atoms with Crippen LogP contribution in [0, 0.1) is 5.82 Å². The molecule has 0 unspecified atom stereocenters. The molecule has 1 saturated heterocycles. The van der Waals surface area contributed by atoms with Crippen LogP contribution in [-0.4, -0.2) is 53.2 Å². The zero-order chi connectivity index (χ0) is 18.7. The fraction of sp³-hybridized carbons (Fsp3) is 0.353. The van der Waals surface area contributed by atoms with Crippen LogP contribution in [0.1, 0.15) is 5.56 Å². The molecule has 10 heteroatoms. The Bertz CT molecular complexity index is 843. The van der Waals surface area contributed by atoms with E-state index < -0.39 is 0 Å².